The first-order valence-corrected chi connectivity index (χ1v) is 8.54. The number of nitrogens with zero attached hydrogens (tertiary/aromatic N) is 1. The molecule has 0 aliphatic heterocycles. The van der Waals surface area contributed by atoms with Crippen LogP contribution in [-0.2, 0) is 17.9 Å². The number of rotatable bonds is 8. The zero-order chi connectivity index (χ0) is 18.8. The molecule has 140 valence electrons. The Kier molecular flexibility index (Phi) is 7.76. The summed E-state index contributed by atoms with van der Waals surface area (Å²) in [6.45, 7) is 3.97. The lowest BCUT2D eigenvalue weighted by Crippen LogP contribution is -2.30. The van der Waals surface area contributed by atoms with Crippen LogP contribution in [0, 0.1) is 0 Å². The fraction of sp³-hybridized carbons (Fsp3) is 0.350. The monoisotopic (exact) mass is 357 g/mol. The van der Waals surface area contributed by atoms with Crippen molar-refractivity contribution in [2.45, 2.75) is 20.1 Å². The Morgan fingerprint density at radius 3 is 2.42 bits per heavy atom. The lowest BCUT2D eigenvalue weighted by molar-refractivity contribution is 0.185. The summed E-state index contributed by atoms with van der Waals surface area (Å²) in [4.78, 5) is 4.66. The van der Waals surface area contributed by atoms with E-state index in [0.717, 1.165) is 23.4 Å². The van der Waals surface area contributed by atoms with Crippen molar-refractivity contribution < 1.29 is 14.2 Å². The summed E-state index contributed by atoms with van der Waals surface area (Å²) in [7, 11) is 4.93. The van der Waals surface area contributed by atoms with Gasteiger partial charge in [0.25, 0.3) is 0 Å². The number of hydrogen-bond acceptors (Lipinski definition) is 4. The predicted octanol–water partition coefficient (Wildman–Crippen LogP) is 3.43. The summed E-state index contributed by atoms with van der Waals surface area (Å²) in [5.41, 5.74) is 3.14. The minimum absolute atomic E-state index is 0.570. The normalized spacial score (nSPS) is 11.2. The first kappa shape index (κ1) is 19.6. The third-order valence-electron chi connectivity index (χ3n) is 3.71. The van der Waals surface area contributed by atoms with Gasteiger partial charge >= 0.3 is 0 Å². The first-order valence-electron chi connectivity index (χ1n) is 8.54. The molecule has 0 aliphatic carbocycles. The van der Waals surface area contributed by atoms with Crippen molar-refractivity contribution in [2.24, 2.45) is 4.99 Å². The molecular weight excluding hydrogens is 330 g/mol. The second-order valence-electron chi connectivity index (χ2n) is 5.64. The maximum Gasteiger partial charge on any atom is 0.196 e. The van der Waals surface area contributed by atoms with E-state index in [4.69, 9.17) is 14.2 Å². The molecule has 0 bridgehead atoms. The van der Waals surface area contributed by atoms with Crippen LogP contribution < -0.4 is 20.1 Å². The molecule has 0 radical (unpaired) electrons. The number of ether oxygens (including phenoxy) is 3. The molecule has 26 heavy (non-hydrogen) atoms. The highest BCUT2D eigenvalue weighted by molar-refractivity contribution is 5.93. The highest BCUT2D eigenvalue weighted by Gasteiger charge is 2.06. The van der Waals surface area contributed by atoms with E-state index in [9.17, 15) is 0 Å². The molecule has 0 spiro atoms. The Labute approximate surface area is 155 Å². The van der Waals surface area contributed by atoms with Gasteiger partial charge < -0.3 is 24.8 Å². The van der Waals surface area contributed by atoms with Crippen LogP contribution in [0.25, 0.3) is 0 Å². The van der Waals surface area contributed by atoms with Crippen molar-refractivity contribution in [1.82, 2.24) is 5.32 Å². The van der Waals surface area contributed by atoms with Crippen molar-refractivity contribution >= 4 is 11.6 Å². The Bertz CT molecular complexity index is 732. The second kappa shape index (κ2) is 10.3. The number of methoxy groups -OCH3 is 3. The van der Waals surface area contributed by atoms with Gasteiger partial charge in [0.15, 0.2) is 17.5 Å². The summed E-state index contributed by atoms with van der Waals surface area (Å²) in [5, 5.41) is 6.54. The smallest absolute Gasteiger partial charge is 0.196 e. The van der Waals surface area contributed by atoms with Gasteiger partial charge in [-0.15, -0.1) is 0 Å². The fourth-order valence-electron chi connectivity index (χ4n) is 2.51. The molecule has 6 heteroatoms. The topological polar surface area (TPSA) is 64.1 Å². The van der Waals surface area contributed by atoms with Crippen molar-refractivity contribution in [3.05, 3.63) is 53.6 Å². The molecule has 2 rings (SSSR count). The summed E-state index contributed by atoms with van der Waals surface area (Å²) in [6, 6.07) is 13.9. The van der Waals surface area contributed by atoms with E-state index in [1.54, 1.807) is 21.3 Å². The standard InChI is InChI=1S/C20H27N3O3/c1-5-21-20(22-13-15-7-6-8-16(11-15)14-24-2)23-17-9-10-18(25-3)19(12-17)26-4/h6-12H,5,13-14H2,1-4H3,(H2,21,22,23). The van der Waals surface area contributed by atoms with Gasteiger partial charge in [0.2, 0.25) is 0 Å². The Hall–Kier alpha value is -2.73. The summed E-state index contributed by atoms with van der Waals surface area (Å²) < 4.78 is 15.8. The van der Waals surface area contributed by atoms with Gasteiger partial charge in [-0.3, -0.25) is 0 Å². The molecular formula is C20H27N3O3. The summed E-state index contributed by atoms with van der Waals surface area (Å²) in [6.07, 6.45) is 0. The minimum atomic E-state index is 0.570. The maximum absolute atomic E-state index is 5.35. The maximum atomic E-state index is 5.35. The van der Waals surface area contributed by atoms with Gasteiger partial charge in [-0.2, -0.15) is 0 Å². The van der Waals surface area contributed by atoms with Crippen molar-refractivity contribution in [1.29, 1.82) is 0 Å². The number of guanidine groups is 1. The predicted molar refractivity (Wildman–Crippen MR) is 105 cm³/mol. The van der Waals surface area contributed by atoms with Gasteiger partial charge in [-0.1, -0.05) is 24.3 Å². The van der Waals surface area contributed by atoms with Crippen LogP contribution in [0.4, 0.5) is 5.69 Å². The van der Waals surface area contributed by atoms with Gasteiger partial charge in [0.1, 0.15) is 0 Å². The number of anilines is 1. The van der Waals surface area contributed by atoms with Crippen molar-refractivity contribution in [3.63, 3.8) is 0 Å². The largest absolute Gasteiger partial charge is 0.493 e. The van der Waals surface area contributed by atoms with E-state index in [1.165, 1.54) is 0 Å². The lowest BCUT2D eigenvalue weighted by atomic mass is 10.1. The fourth-order valence-corrected chi connectivity index (χ4v) is 2.51. The molecule has 6 nitrogen and oxygen atoms in total. The van der Waals surface area contributed by atoms with Gasteiger partial charge in [0, 0.05) is 25.4 Å². The van der Waals surface area contributed by atoms with Crippen LogP contribution >= 0.6 is 0 Å². The summed E-state index contributed by atoms with van der Waals surface area (Å²) in [5.74, 6) is 2.06. The van der Waals surface area contributed by atoms with E-state index < -0.39 is 0 Å². The highest BCUT2D eigenvalue weighted by Crippen LogP contribution is 2.29. The molecule has 0 unspecified atom stereocenters. The number of aliphatic imine (C=N–C) groups is 1. The van der Waals surface area contributed by atoms with Gasteiger partial charge in [-0.05, 0) is 30.2 Å². The van der Waals surface area contributed by atoms with E-state index in [2.05, 4.69) is 27.8 Å². The molecule has 2 aromatic carbocycles. The van der Waals surface area contributed by atoms with Crippen LogP contribution in [0.3, 0.4) is 0 Å². The van der Waals surface area contributed by atoms with E-state index in [-0.39, 0.29) is 0 Å². The molecule has 0 atom stereocenters. The molecule has 0 amide bonds. The highest BCUT2D eigenvalue weighted by atomic mass is 16.5. The van der Waals surface area contributed by atoms with Gasteiger partial charge in [-0.25, -0.2) is 4.99 Å². The van der Waals surface area contributed by atoms with Gasteiger partial charge in [0.05, 0.1) is 27.4 Å². The average Bonchev–Trinajstić information content (AvgIpc) is 2.67. The van der Waals surface area contributed by atoms with Crippen molar-refractivity contribution in [2.75, 3.05) is 33.2 Å². The van der Waals surface area contributed by atoms with Crippen LogP contribution in [0.15, 0.2) is 47.5 Å². The first-order chi connectivity index (χ1) is 12.7. The SMILES string of the molecule is CCNC(=NCc1cccc(COC)c1)Nc1ccc(OC)c(OC)c1. The van der Waals surface area contributed by atoms with Crippen LogP contribution in [0.1, 0.15) is 18.1 Å². The zero-order valence-electron chi connectivity index (χ0n) is 15.8. The van der Waals surface area contributed by atoms with E-state index in [1.807, 2.05) is 37.3 Å². The van der Waals surface area contributed by atoms with E-state index >= 15 is 0 Å². The zero-order valence-corrected chi connectivity index (χ0v) is 15.8. The molecule has 0 fully saturated rings. The number of nitrogens with one attached hydrogen (secondary N) is 2. The van der Waals surface area contributed by atoms with Crippen LogP contribution in [0.5, 0.6) is 11.5 Å². The lowest BCUT2D eigenvalue weighted by Gasteiger charge is -2.14. The molecule has 2 aromatic rings. The van der Waals surface area contributed by atoms with Crippen LogP contribution in [-0.4, -0.2) is 33.8 Å². The number of hydrogen-bond donors (Lipinski definition) is 2. The Morgan fingerprint density at radius 2 is 1.73 bits per heavy atom. The van der Waals surface area contributed by atoms with E-state index in [0.29, 0.717) is 30.6 Å². The molecule has 0 aromatic heterocycles. The average molecular weight is 357 g/mol. The molecule has 2 N–H and O–H groups in total. The summed E-state index contributed by atoms with van der Waals surface area (Å²) >= 11 is 0. The number of benzene rings is 2. The molecule has 0 heterocycles. The quantitative estimate of drug-likeness (QED) is 0.560. The molecule has 0 saturated heterocycles. The second-order valence-corrected chi connectivity index (χ2v) is 5.64. The minimum Gasteiger partial charge on any atom is -0.493 e. The third-order valence-corrected chi connectivity index (χ3v) is 3.71. The Morgan fingerprint density at radius 1 is 0.962 bits per heavy atom. The van der Waals surface area contributed by atoms with Crippen LogP contribution in [0.2, 0.25) is 0 Å². The third kappa shape index (κ3) is 5.67. The molecule has 0 saturated carbocycles. The molecule has 0 aliphatic rings. The van der Waals surface area contributed by atoms with Crippen molar-refractivity contribution in [3.8, 4) is 11.5 Å². The Balaban J connectivity index is 2.12.